The fourth-order valence-electron chi connectivity index (χ4n) is 3.23. The SMILES string of the molecule is CC(c1ccc(-c2ccccc2)c(F)c1)c1cc2n(n1)CCCN2. The summed E-state index contributed by atoms with van der Waals surface area (Å²) < 4.78 is 16.6. The van der Waals surface area contributed by atoms with E-state index in [2.05, 4.69) is 23.4 Å². The average Bonchev–Trinajstić information content (AvgIpc) is 3.06. The third-order valence-corrected chi connectivity index (χ3v) is 4.67. The predicted octanol–water partition coefficient (Wildman–Crippen LogP) is 4.66. The van der Waals surface area contributed by atoms with E-state index in [1.165, 1.54) is 0 Å². The molecule has 122 valence electrons. The third-order valence-electron chi connectivity index (χ3n) is 4.67. The van der Waals surface area contributed by atoms with Crippen molar-refractivity contribution in [3.63, 3.8) is 0 Å². The van der Waals surface area contributed by atoms with Gasteiger partial charge in [-0.15, -0.1) is 0 Å². The second-order valence-corrected chi connectivity index (χ2v) is 6.28. The van der Waals surface area contributed by atoms with Crippen LogP contribution in [0.5, 0.6) is 0 Å². The zero-order chi connectivity index (χ0) is 16.5. The van der Waals surface area contributed by atoms with Gasteiger partial charge in [0.1, 0.15) is 11.6 Å². The molecule has 1 atom stereocenters. The van der Waals surface area contributed by atoms with E-state index in [1.807, 2.05) is 47.1 Å². The zero-order valence-electron chi connectivity index (χ0n) is 13.7. The summed E-state index contributed by atoms with van der Waals surface area (Å²) >= 11 is 0. The predicted molar refractivity (Wildman–Crippen MR) is 94.7 cm³/mol. The smallest absolute Gasteiger partial charge is 0.131 e. The number of rotatable bonds is 3. The molecule has 0 bridgehead atoms. The monoisotopic (exact) mass is 321 g/mol. The van der Waals surface area contributed by atoms with Crippen molar-refractivity contribution < 1.29 is 4.39 Å². The minimum Gasteiger partial charge on any atom is -0.370 e. The van der Waals surface area contributed by atoms with Crippen molar-refractivity contribution in [1.29, 1.82) is 0 Å². The van der Waals surface area contributed by atoms with Gasteiger partial charge in [-0.2, -0.15) is 5.10 Å². The van der Waals surface area contributed by atoms with Crippen LogP contribution in [0, 0.1) is 5.82 Å². The minimum atomic E-state index is -0.187. The molecule has 24 heavy (non-hydrogen) atoms. The van der Waals surface area contributed by atoms with Gasteiger partial charge in [0.15, 0.2) is 0 Å². The molecule has 3 nitrogen and oxygen atoms in total. The summed E-state index contributed by atoms with van der Waals surface area (Å²) in [5.74, 6) is 0.932. The number of hydrogen-bond donors (Lipinski definition) is 1. The summed E-state index contributed by atoms with van der Waals surface area (Å²) in [6.45, 7) is 4.00. The molecule has 1 aliphatic rings. The molecule has 0 spiro atoms. The second kappa shape index (κ2) is 6.11. The molecule has 4 heteroatoms. The van der Waals surface area contributed by atoms with Crippen LogP contribution in [0.3, 0.4) is 0 Å². The van der Waals surface area contributed by atoms with E-state index >= 15 is 0 Å². The lowest BCUT2D eigenvalue weighted by Gasteiger charge is -2.14. The Morgan fingerprint density at radius 1 is 1.12 bits per heavy atom. The van der Waals surface area contributed by atoms with Gasteiger partial charge in [-0.25, -0.2) is 9.07 Å². The van der Waals surface area contributed by atoms with E-state index in [1.54, 1.807) is 6.07 Å². The topological polar surface area (TPSA) is 29.9 Å². The number of benzene rings is 2. The van der Waals surface area contributed by atoms with Gasteiger partial charge in [-0.05, 0) is 23.6 Å². The number of anilines is 1. The van der Waals surface area contributed by atoms with Crippen LogP contribution < -0.4 is 5.32 Å². The van der Waals surface area contributed by atoms with Crippen LogP contribution in [0.4, 0.5) is 10.2 Å². The van der Waals surface area contributed by atoms with Gasteiger partial charge < -0.3 is 5.32 Å². The number of aromatic nitrogens is 2. The number of aryl methyl sites for hydroxylation is 1. The fraction of sp³-hybridized carbons (Fsp3) is 0.250. The Morgan fingerprint density at radius 2 is 1.96 bits per heavy atom. The molecule has 0 radical (unpaired) electrons. The van der Waals surface area contributed by atoms with Crippen LogP contribution in [-0.4, -0.2) is 16.3 Å². The molecule has 0 amide bonds. The molecular weight excluding hydrogens is 301 g/mol. The molecule has 0 saturated heterocycles. The van der Waals surface area contributed by atoms with Gasteiger partial charge >= 0.3 is 0 Å². The molecule has 1 aliphatic heterocycles. The van der Waals surface area contributed by atoms with Gasteiger partial charge in [0.25, 0.3) is 0 Å². The molecule has 1 N–H and O–H groups in total. The largest absolute Gasteiger partial charge is 0.370 e. The number of fused-ring (bicyclic) bond motifs is 1. The Kier molecular flexibility index (Phi) is 3.81. The molecule has 3 aromatic rings. The van der Waals surface area contributed by atoms with Crippen LogP contribution in [0.25, 0.3) is 11.1 Å². The van der Waals surface area contributed by atoms with E-state index < -0.39 is 0 Å². The van der Waals surface area contributed by atoms with Crippen molar-refractivity contribution in [2.75, 3.05) is 11.9 Å². The van der Waals surface area contributed by atoms with Crippen molar-refractivity contribution in [3.05, 3.63) is 71.7 Å². The summed E-state index contributed by atoms with van der Waals surface area (Å²) in [5, 5.41) is 8.03. The Hall–Kier alpha value is -2.62. The molecule has 0 aliphatic carbocycles. The normalized spacial score (nSPS) is 14.8. The lowest BCUT2D eigenvalue weighted by atomic mass is 9.95. The lowest BCUT2D eigenvalue weighted by Crippen LogP contribution is -2.17. The summed E-state index contributed by atoms with van der Waals surface area (Å²) in [6, 6.07) is 17.2. The van der Waals surface area contributed by atoms with Gasteiger partial charge in [0.05, 0.1) is 5.69 Å². The first-order valence-electron chi connectivity index (χ1n) is 8.39. The van der Waals surface area contributed by atoms with E-state index in [-0.39, 0.29) is 11.7 Å². The summed E-state index contributed by atoms with van der Waals surface area (Å²) in [4.78, 5) is 0. The highest BCUT2D eigenvalue weighted by Gasteiger charge is 2.18. The van der Waals surface area contributed by atoms with Gasteiger partial charge in [-0.1, -0.05) is 49.4 Å². The van der Waals surface area contributed by atoms with Gasteiger partial charge in [0.2, 0.25) is 0 Å². The lowest BCUT2D eigenvalue weighted by molar-refractivity contribution is 0.558. The fourth-order valence-corrected chi connectivity index (χ4v) is 3.23. The third kappa shape index (κ3) is 2.68. The average molecular weight is 321 g/mol. The second-order valence-electron chi connectivity index (χ2n) is 6.28. The summed E-state index contributed by atoms with van der Waals surface area (Å²) in [5.41, 5.74) is 3.46. The standard InChI is InChI=1S/C20H20FN3/c1-14(19-13-20-22-10-5-11-24(20)23-19)16-8-9-17(18(21)12-16)15-6-3-2-4-7-15/h2-4,6-9,12-14,22H,5,10-11H2,1H3. The first-order chi connectivity index (χ1) is 11.7. The first-order valence-corrected chi connectivity index (χ1v) is 8.39. The summed E-state index contributed by atoms with van der Waals surface area (Å²) in [7, 11) is 0. The molecule has 1 unspecified atom stereocenters. The van der Waals surface area contributed by atoms with E-state index in [4.69, 9.17) is 0 Å². The Balaban J connectivity index is 1.64. The molecule has 0 fully saturated rings. The maximum Gasteiger partial charge on any atom is 0.131 e. The van der Waals surface area contributed by atoms with Gasteiger partial charge in [-0.3, -0.25) is 0 Å². The molecule has 2 heterocycles. The maximum absolute atomic E-state index is 14.6. The molecule has 1 aromatic heterocycles. The number of nitrogens with zero attached hydrogens (tertiary/aromatic N) is 2. The van der Waals surface area contributed by atoms with Crippen molar-refractivity contribution >= 4 is 5.82 Å². The van der Waals surface area contributed by atoms with Crippen LogP contribution in [0.1, 0.15) is 30.5 Å². The highest BCUT2D eigenvalue weighted by Crippen LogP contribution is 2.30. The molecular formula is C20H20FN3. The van der Waals surface area contributed by atoms with Crippen LogP contribution in [-0.2, 0) is 6.54 Å². The summed E-state index contributed by atoms with van der Waals surface area (Å²) in [6.07, 6.45) is 1.09. The number of halogens is 1. The highest BCUT2D eigenvalue weighted by molar-refractivity contribution is 5.64. The van der Waals surface area contributed by atoms with E-state index in [0.717, 1.165) is 42.1 Å². The van der Waals surface area contributed by atoms with Crippen molar-refractivity contribution in [2.24, 2.45) is 0 Å². The highest BCUT2D eigenvalue weighted by atomic mass is 19.1. The molecule has 2 aromatic carbocycles. The zero-order valence-corrected chi connectivity index (χ0v) is 13.7. The quantitative estimate of drug-likeness (QED) is 0.760. The van der Waals surface area contributed by atoms with Crippen molar-refractivity contribution in [3.8, 4) is 11.1 Å². The minimum absolute atomic E-state index is 0.0595. The van der Waals surface area contributed by atoms with Crippen molar-refractivity contribution in [1.82, 2.24) is 9.78 Å². The Bertz CT molecular complexity index is 831. The number of hydrogen-bond acceptors (Lipinski definition) is 2. The Labute approximate surface area is 141 Å². The maximum atomic E-state index is 14.6. The molecule has 0 saturated carbocycles. The van der Waals surface area contributed by atoms with E-state index in [0.29, 0.717) is 5.56 Å². The van der Waals surface area contributed by atoms with Crippen LogP contribution >= 0.6 is 0 Å². The number of nitrogens with one attached hydrogen (secondary N) is 1. The van der Waals surface area contributed by atoms with Crippen LogP contribution in [0.15, 0.2) is 54.6 Å². The van der Waals surface area contributed by atoms with Gasteiger partial charge in [0, 0.05) is 30.6 Å². The first kappa shape index (κ1) is 14.9. The molecule has 4 rings (SSSR count). The Morgan fingerprint density at radius 3 is 2.71 bits per heavy atom. The van der Waals surface area contributed by atoms with Crippen molar-refractivity contribution in [2.45, 2.75) is 25.8 Å². The van der Waals surface area contributed by atoms with E-state index in [9.17, 15) is 4.39 Å². The van der Waals surface area contributed by atoms with Crippen LogP contribution in [0.2, 0.25) is 0 Å².